The molecule has 0 saturated carbocycles. The van der Waals surface area contributed by atoms with Crippen molar-refractivity contribution in [2.75, 3.05) is 23.9 Å². The van der Waals surface area contributed by atoms with Gasteiger partial charge < -0.3 is 19.1 Å². The van der Waals surface area contributed by atoms with Crippen LogP contribution in [0.15, 0.2) is 30.3 Å². The molecule has 0 aliphatic rings. The Morgan fingerprint density at radius 3 is 1.83 bits per heavy atom. The average molecular weight is 486 g/mol. The molecule has 8 heteroatoms. The Labute approximate surface area is 209 Å². The quantitative estimate of drug-likeness (QED) is 0.477. The molecule has 0 bridgehead atoms. The Balaban J connectivity index is 2.75. The topological polar surface area (TPSA) is 81.2 Å². The van der Waals surface area contributed by atoms with E-state index in [1.54, 1.807) is 41.5 Å². The molecule has 0 aliphatic heterocycles. The molecule has 0 radical (unpaired) electrons. The van der Waals surface area contributed by atoms with Crippen molar-refractivity contribution in [2.24, 2.45) is 0 Å². The molecule has 0 spiro atoms. The maximum absolute atomic E-state index is 13.4. The highest BCUT2D eigenvalue weighted by Gasteiger charge is 2.37. The number of hydrogen-bond donors (Lipinski definition) is 0. The van der Waals surface area contributed by atoms with Gasteiger partial charge in [-0.3, -0.25) is 0 Å². The Kier molecular flexibility index (Phi) is 8.76. The summed E-state index contributed by atoms with van der Waals surface area (Å²) in [6, 6.07) is 9.66. The number of aromatic nitrogens is 1. The number of ether oxygens (including phenoxy) is 3. The standard InChI is InChI=1S/C27H39N3O5/c1-11-20-18(2)22(29(9)10)28-23(21(20)33-17-19-15-13-12-14-16-19)30(24(31)34-26(3,4)5)25(32)35-27(6,7)8/h12-16H,11,17H2,1-10H3. The number of carbonyl (C=O) groups is 2. The number of rotatable bonds is 6. The van der Waals surface area contributed by atoms with Gasteiger partial charge in [-0.2, -0.15) is 4.90 Å². The fourth-order valence-corrected chi connectivity index (χ4v) is 3.43. The molecular weight excluding hydrogens is 446 g/mol. The lowest BCUT2D eigenvalue weighted by atomic mass is 10.1. The van der Waals surface area contributed by atoms with Crippen molar-refractivity contribution in [1.29, 1.82) is 0 Å². The monoisotopic (exact) mass is 485 g/mol. The van der Waals surface area contributed by atoms with Crippen LogP contribution >= 0.6 is 0 Å². The van der Waals surface area contributed by atoms with Crippen LogP contribution in [0.4, 0.5) is 21.2 Å². The minimum absolute atomic E-state index is 0.0376. The molecule has 8 nitrogen and oxygen atoms in total. The first-order valence-electron chi connectivity index (χ1n) is 11.8. The summed E-state index contributed by atoms with van der Waals surface area (Å²) >= 11 is 0. The number of nitrogens with zero attached hydrogens (tertiary/aromatic N) is 3. The summed E-state index contributed by atoms with van der Waals surface area (Å²) in [6.45, 7) is 14.6. The Hall–Kier alpha value is -3.29. The number of anilines is 2. The van der Waals surface area contributed by atoms with E-state index in [1.807, 2.05) is 63.2 Å². The summed E-state index contributed by atoms with van der Waals surface area (Å²) < 4.78 is 17.4. The molecule has 1 aromatic heterocycles. The van der Waals surface area contributed by atoms with Crippen molar-refractivity contribution in [2.45, 2.75) is 79.6 Å². The van der Waals surface area contributed by atoms with Gasteiger partial charge in [0.1, 0.15) is 23.6 Å². The third-order valence-electron chi connectivity index (χ3n) is 4.84. The lowest BCUT2D eigenvalue weighted by Crippen LogP contribution is -2.44. The molecule has 2 amide bonds. The predicted octanol–water partition coefficient (Wildman–Crippen LogP) is 6.27. The zero-order valence-corrected chi connectivity index (χ0v) is 22.7. The van der Waals surface area contributed by atoms with E-state index in [1.165, 1.54) is 0 Å². The summed E-state index contributed by atoms with van der Waals surface area (Å²) in [5, 5.41) is 0. The average Bonchev–Trinajstić information content (AvgIpc) is 2.71. The molecule has 0 N–H and O–H groups in total. The maximum Gasteiger partial charge on any atom is 0.425 e. The molecule has 2 rings (SSSR count). The number of carbonyl (C=O) groups excluding carboxylic acids is 2. The van der Waals surface area contributed by atoms with E-state index in [0.717, 1.165) is 21.6 Å². The lowest BCUT2D eigenvalue weighted by molar-refractivity contribution is 0.0427. The second kappa shape index (κ2) is 11.0. The van der Waals surface area contributed by atoms with E-state index in [9.17, 15) is 9.59 Å². The number of hydrogen-bond acceptors (Lipinski definition) is 7. The number of benzene rings is 1. The van der Waals surface area contributed by atoms with Crippen LogP contribution in [-0.2, 0) is 22.5 Å². The summed E-state index contributed by atoms with van der Waals surface area (Å²) in [5.74, 6) is 0.993. The van der Waals surface area contributed by atoms with Gasteiger partial charge in [-0.05, 0) is 66.0 Å². The normalized spacial score (nSPS) is 11.6. The highest BCUT2D eigenvalue weighted by atomic mass is 16.6. The molecule has 192 valence electrons. The molecule has 35 heavy (non-hydrogen) atoms. The minimum atomic E-state index is -0.889. The van der Waals surface area contributed by atoms with Gasteiger partial charge in [0, 0.05) is 19.7 Å². The van der Waals surface area contributed by atoms with Crippen molar-refractivity contribution in [1.82, 2.24) is 4.98 Å². The molecule has 1 aromatic carbocycles. The molecule has 2 aromatic rings. The Morgan fingerprint density at radius 1 is 0.886 bits per heavy atom. The van der Waals surface area contributed by atoms with E-state index >= 15 is 0 Å². The van der Waals surface area contributed by atoms with Crippen molar-refractivity contribution >= 4 is 23.8 Å². The van der Waals surface area contributed by atoms with E-state index < -0.39 is 23.4 Å². The first-order chi connectivity index (χ1) is 16.1. The van der Waals surface area contributed by atoms with Gasteiger partial charge in [0.05, 0.1) is 0 Å². The van der Waals surface area contributed by atoms with Crippen LogP contribution in [0, 0.1) is 6.92 Å². The SMILES string of the molecule is CCc1c(C)c(N(C)C)nc(N(C(=O)OC(C)(C)C)C(=O)OC(C)(C)C)c1OCc1ccccc1. The van der Waals surface area contributed by atoms with Crippen LogP contribution in [-0.4, -0.2) is 42.5 Å². The summed E-state index contributed by atoms with van der Waals surface area (Å²) in [6.07, 6.45) is -1.18. The van der Waals surface area contributed by atoms with Gasteiger partial charge in [-0.1, -0.05) is 37.3 Å². The van der Waals surface area contributed by atoms with E-state index in [-0.39, 0.29) is 12.4 Å². The number of amides is 2. The second-order valence-electron chi connectivity index (χ2n) is 10.5. The zero-order valence-electron chi connectivity index (χ0n) is 22.7. The highest BCUT2D eigenvalue weighted by molar-refractivity contribution is 6.10. The number of imide groups is 1. The van der Waals surface area contributed by atoms with Gasteiger partial charge in [0.2, 0.25) is 0 Å². The third-order valence-corrected chi connectivity index (χ3v) is 4.84. The van der Waals surface area contributed by atoms with Crippen LogP contribution in [0.1, 0.15) is 65.2 Å². The zero-order chi connectivity index (χ0) is 26.6. The Bertz CT molecular complexity index is 1010. The minimum Gasteiger partial charge on any atom is -0.485 e. The summed E-state index contributed by atoms with van der Waals surface area (Å²) in [5.41, 5.74) is 0.996. The molecule has 0 saturated heterocycles. The van der Waals surface area contributed by atoms with Crippen molar-refractivity contribution in [3.8, 4) is 5.75 Å². The van der Waals surface area contributed by atoms with Crippen LogP contribution < -0.4 is 14.5 Å². The fraction of sp³-hybridized carbons (Fsp3) is 0.519. The van der Waals surface area contributed by atoms with Gasteiger partial charge in [-0.15, -0.1) is 0 Å². The van der Waals surface area contributed by atoms with Gasteiger partial charge in [0.25, 0.3) is 0 Å². The van der Waals surface area contributed by atoms with Crippen molar-refractivity contribution < 1.29 is 23.8 Å². The first-order valence-corrected chi connectivity index (χ1v) is 11.8. The largest absolute Gasteiger partial charge is 0.485 e. The fourth-order valence-electron chi connectivity index (χ4n) is 3.43. The smallest absolute Gasteiger partial charge is 0.425 e. The molecule has 1 heterocycles. The molecule has 0 unspecified atom stereocenters. The molecule has 0 fully saturated rings. The molecule has 0 aliphatic carbocycles. The summed E-state index contributed by atoms with van der Waals surface area (Å²) in [7, 11) is 3.71. The van der Waals surface area contributed by atoms with E-state index in [0.29, 0.717) is 18.0 Å². The Morgan fingerprint density at radius 2 is 1.40 bits per heavy atom. The first kappa shape index (κ1) is 28.0. The van der Waals surface area contributed by atoms with Crippen molar-refractivity contribution in [3.63, 3.8) is 0 Å². The van der Waals surface area contributed by atoms with E-state index in [2.05, 4.69) is 0 Å². The maximum atomic E-state index is 13.4. The third kappa shape index (κ3) is 7.60. The predicted molar refractivity (Wildman–Crippen MR) is 138 cm³/mol. The second-order valence-corrected chi connectivity index (χ2v) is 10.5. The highest BCUT2D eigenvalue weighted by Crippen LogP contribution is 2.39. The summed E-state index contributed by atoms with van der Waals surface area (Å²) in [4.78, 5) is 34.1. The van der Waals surface area contributed by atoms with Crippen molar-refractivity contribution in [3.05, 3.63) is 47.0 Å². The molecule has 0 atom stereocenters. The lowest BCUT2D eigenvalue weighted by Gasteiger charge is -2.30. The van der Waals surface area contributed by atoms with Gasteiger partial charge >= 0.3 is 12.2 Å². The van der Waals surface area contributed by atoms with Gasteiger partial charge in [0.15, 0.2) is 11.6 Å². The van der Waals surface area contributed by atoms with E-state index in [4.69, 9.17) is 19.2 Å². The van der Waals surface area contributed by atoms with Crippen LogP contribution in [0.5, 0.6) is 5.75 Å². The van der Waals surface area contributed by atoms with Crippen LogP contribution in [0.2, 0.25) is 0 Å². The van der Waals surface area contributed by atoms with Gasteiger partial charge in [-0.25, -0.2) is 14.6 Å². The van der Waals surface area contributed by atoms with Crippen LogP contribution in [0.3, 0.4) is 0 Å². The van der Waals surface area contributed by atoms with Crippen LogP contribution in [0.25, 0.3) is 0 Å². The number of pyridine rings is 1. The molecular formula is C27H39N3O5.